The largest absolute Gasteiger partial charge is 0.330 e. The molecular weight excluding hydrogens is 174 g/mol. The van der Waals surface area contributed by atoms with Gasteiger partial charge in [0, 0.05) is 6.04 Å². The van der Waals surface area contributed by atoms with Gasteiger partial charge in [-0.25, -0.2) is 0 Å². The van der Waals surface area contributed by atoms with Crippen molar-refractivity contribution in [1.29, 1.82) is 0 Å². The molecule has 6 N–H and O–H groups in total. The van der Waals surface area contributed by atoms with E-state index in [2.05, 4.69) is 0 Å². The van der Waals surface area contributed by atoms with Crippen LogP contribution in [0.4, 0.5) is 0 Å². The van der Waals surface area contributed by atoms with Crippen LogP contribution in [0.3, 0.4) is 0 Å². The second-order valence-electron chi connectivity index (χ2n) is 4.04. The Bertz CT molecular complexity index is 107. The minimum absolute atomic E-state index is 0.369. The summed E-state index contributed by atoms with van der Waals surface area (Å²) in [5.74, 6) is 0. The third kappa shape index (κ3) is 9.96. The van der Waals surface area contributed by atoms with Crippen molar-refractivity contribution in [3.63, 3.8) is 0 Å². The van der Waals surface area contributed by atoms with Crippen molar-refractivity contribution in [2.24, 2.45) is 17.2 Å². The van der Waals surface area contributed by atoms with Crippen LogP contribution >= 0.6 is 0 Å². The minimum Gasteiger partial charge on any atom is -0.330 e. The first kappa shape index (κ1) is 13.9. The summed E-state index contributed by atoms with van der Waals surface area (Å²) in [6.45, 7) is 1.60. The van der Waals surface area contributed by atoms with Crippen LogP contribution in [0.2, 0.25) is 0 Å². The lowest BCUT2D eigenvalue weighted by atomic mass is 10.0. The molecule has 0 aliphatic carbocycles. The summed E-state index contributed by atoms with van der Waals surface area (Å²) < 4.78 is 0. The number of hydrogen-bond donors (Lipinski definition) is 3. The van der Waals surface area contributed by atoms with Crippen LogP contribution in [0.1, 0.15) is 51.4 Å². The summed E-state index contributed by atoms with van der Waals surface area (Å²) in [4.78, 5) is 0. The van der Waals surface area contributed by atoms with E-state index in [1.54, 1.807) is 0 Å². The Hall–Kier alpha value is -0.120. The fraction of sp³-hybridized carbons (Fsp3) is 1.00. The quantitative estimate of drug-likeness (QED) is 0.467. The maximum atomic E-state index is 5.93. The zero-order valence-corrected chi connectivity index (χ0v) is 9.38. The zero-order chi connectivity index (χ0) is 10.6. The van der Waals surface area contributed by atoms with Gasteiger partial charge >= 0.3 is 0 Å². The Kier molecular flexibility index (Phi) is 10.9. The summed E-state index contributed by atoms with van der Waals surface area (Å²) in [6.07, 6.45) is 9.61. The van der Waals surface area contributed by atoms with Crippen LogP contribution < -0.4 is 17.2 Å². The van der Waals surface area contributed by atoms with E-state index in [0.717, 1.165) is 32.4 Å². The first-order valence-corrected chi connectivity index (χ1v) is 5.97. The van der Waals surface area contributed by atoms with Gasteiger partial charge < -0.3 is 17.2 Å². The van der Waals surface area contributed by atoms with E-state index in [9.17, 15) is 0 Å². The molecule has 0 amide bonds. The van der Waals surface area contributed by atoms with Crippen molar-refractivity contribution in [2.75, 3.05) is 13.1 Å². The lowest BCUT2D eigenvalue weighted by Crippen LogP contribution is -2.20. The van der Waals surface area contributed by atoms with Crippen LogP contribution in [0.5, 0.6) is 0 Å². The van der Waals surface area contributed by atoms with E-state index in [-0.39, 0.29) is 0 Å². The van der Waals surface area contributed by atoms with Gasteiger partial charge in [0.2, 0.25) is 0 Å². The van der Waals surface area contributed by atoms with Crippen molar-refractivity contribution in [2.45, 2.75) is 57.4 Å². The molecule has 3 nitrogen and oxygen atoms in total. The van der Waals surface area contributed by atoms with E-state index in [1.807, 2.05) is 0 Å². The molecule has 3 heteroatoms. The summed E-state index contributed by atoms with van der Waals surface area (Å²) in [5.41, 5.74) is 16.8. The first-order valence-electron chi connectivity index (χ1n) is 5.97. The number of nitrogens with two attached hydrogens (primary N) is 3. The average molecular weight is 201 g/mol. The van der Waals surface area contributed by atoms with Crippen LogP contribution in [-0.4, -0.2) is 19.1 Å². The summed E-state index contributed by atoms with van der Waals surface area (Å²) >= 11 is 0. The fourth-order valence-corrected chi connectivity index (χ4v) is 1.61. The van der Waals surface area contributed by atoms with Crippen LogP contribution in [0, 0.1) is 0 Å². The number of rotatable bonds is 10. The molecule has 0 saturated heterocycles. The van der Waals surface area contributed by atoms with Crippen molar-refractivity contribution in [3.05, 3.63) is 0 Å². The Balaban J connectivity index is 3.02. The fourth-order valence-electron chi connectivity index (χ4n) is 1.61. The molecule has 0 heterocycles. The van der Waals surface area contributed by atoms with Gasteiger partial charge in [0.1, 0.15) is 0 Å². The van der Waals surface area contributed by atoms with Gasteiger partial charge in [-0.2, -0.15) is 0 Å². The summed E-state index contributed by atoms with van der Waals surface area (Å²) in [5, 5.41) is 0. The van der Waals surface area contributed by atoms with Gasteiger partial charge in [0.05, 0.1) is 0 Å². The summed E-state index contributed by atoms with van der Waals surface area (Å²) in [6, 6.07) is 0.369. The number of unbranched alkanes of at least 4 members (excludes halogenated alkanes) is 4. The van der Waals surface area contributed by atoms with Crippen molar-refractivity contribution in [3.8, 4) is 0 Å². The predicted molar refractivity (Wildman–Crippen MR) is 63.0 cm³/mol. The van der Waals surface area contributed by atoms with E-state index in [0.29, 0.717) is 6.04 Å². The monoisotopic (exact) mass is 201 g/mol. The predicted octanol–water partition coefficient (Wildman–Crippen LogP) is 1.35. The van der Waals surface area contributed by atoms with Crippen LogP contribution in [-0.2, 0) is 0 Å². The molecule has 86 valence electrons. The van der Waals surface area contributed by atoms with Gasteiger partial charge in [-0.15, -0.1) is 0 Å². The molecular formula is C11H27N3. The van der Waals surface area contributed by atoms with Gasteiger partial charge in [-0.3, -0.25) is 0 Å². The lowest BCUT2D eigenvalue weighted by Gasteiger charge is -2.10. The Morgan fingerprint density at radius 2 is 1.14 bits per heavy atom. The maximum absolute atomic E-state index is 5.93. The minimum atomic E-state index is 0.369. The molecule has 0 spiro atoms. The lowest BCUT2D eigenvalue weighted by molar-refractivity contribution is 0.504. The zero-order valence-electron chi connectivity index (χ0n) is 9.38. The molecule has 0 saturated carbocycles. The third-order valence-electron chi connectivity index (χ3n) is 2.56. The molecule has 0 aromatic rings. The molecule has 0 aromatic carbocycles. The average Bonchev–Trinajstić information content (AvgIpc) is 2.20. The smallest absolute Gasteiger partial charge is 0.00392 e. The Morgan fingerprint density at radius 3 is 1.79 bits per heavy atom. The normalized spacial score (nSPS) is 13.1. The molecule has 1 unspecified atom stereocenters. The molecule has 0 aliphatic rings. The van der Waals surface area contributed by atoms with Gasteiger partial charge in [-0.1, -0.05) is 25.7 Å². The highest BCUT2D eigenvalue weighted by atomic mass is 14.6. The van der Waals surface area contributed by atoms with E-state index in [1.165, 1.54) is 32.1 Å². The molecule has 0 radical (unpaired) electrons. The Morgan fingerprint density at radius 1 is 0.643 bits per heavy atom. The highest BCUT2D eigenvalue weighted by Crippen LogP contribution is 2.08. The maximum Gasteiger partial charge on any atom is 0.00392 e. The standard InChI is InChI=1S/C11H27N3/c12-9-5-3-1-2-4-7-11(14)8-6-10-13/h11H,1-10,12-14H2. The SMILES string of the molecule is NCCCCCCCC(N)CCCN. The molecule has 0 aliphatic heterocycles. The number of hydrogen-bond acceptors (Lipinski definition) is 3. The van der Waals surface area contributed by atoms with Gasteiger partial charge in [0.15, 0.2) is 0 Å². The highest BCUT2D eigenvalue weighted by molar-refractivity contribution is 4.61. The molecule has 14 heavy (non-hydrogen) atoms. The Labute approximate surface area is 88.4 Å². The van der Waals surface area contributed by atoms with Crippen molar-refractivity contribution in [1.82, 2.24) is 0 Å². The molecule has 0 fully saturated rings. The van der Waals surface area contributed by atoms with Crippen LogP contribution in [0.25, 0.3) is 0 Å². The van der Waals surface area contributed by atoms with E-state index >= 15 is 0 Å². The van der Waals surface area contributed by atoms with Gasteiger partial charge in [0.25, 0.3) is 0 Å². The molecule has 1 atom stereocenters. The third-order valence-corrected chi connectivity index (χ3v) is 2.56. The highest BCUT2D eigenvalue weighted by Gasteiger charge is 2.00. The second-order valence-corrected chi connectivity index (χ2v) is 4.04. The van der Waals surface area contributed by atoms with E-state index < -0.39 is 0 Å². The van der Waals surface area contributed by atoms with Crippen LogP contribution in [0.15, 0.2) is 0 Å². The van der Waals surface area contributed by atoms with Crippen molar-refractivity contribution >= 4 is 0 Å². The topological polar surface area (TPSA) is 78.1 Å². The second kappa shape index (κ2) is 11.0. The van der Waals surface area contributed by atoms with Crippen molar-refractivity contribution < 1.29 is 0 Å². The van der Waals surface area contributed by atoms with Gasteiger partial charge in [-0.05, 0) is 38.8 Å². The molecule has 0 aromatic heterocycles. The molecule has 0 bridgehead atoms. The first-order chi connectivity index (χ1) is 6.81. The summed E-state index contributed by atoms with van der Waals surface area (Å²) in [7, 11) is 0. The van der Waals surface area contributed by atoms with E-state index in [4.69, 9.17) is 17.2 Å². The molecule has 0 rings (SSSR count).